The third-order valence-electron chi connectivity index (χ3n) is 2.22. The average Bonchev–Trinajstić information content (AvgIpc) is 2.26. The van der Waals surface area contributed by atoms with Crippen molar-refractivity contribution < 1.29 is 9.84 Å². The van der Waals surface area contributed by atoms with Gasteiger partial charge in [0, 0.05) is 12.6 Å². The summed E-state index contributed by atoms with van der Waals surface area (Å²) < 4.78 is 5.05. The predicted octanol–water partition coefficient (Wildman–Crippen LogP) is 1.47. The number of hydrogen-bond acceptors (Lipinski definition) is 3. The van der Waals surface area contributed by atoms with Crippen LogP contribution < -0.4 is 10.5 Å². The van der Waals surface area contributed by atoms with E-state index < -0.39 is 0 Å². The van der Waals surface area contributed by atoms with Crippen molar-refractivity contribution in [3.05, 3.63) is 29.8 Å². The third kappa shape index (κ3) is 3.01. The van der Waals surface area contributed by atoms with Crippen molar-refractivity contribution in [1.29, 1.82) is 0 Å². The van der Waals surface area contributed by atoms with Crippen LogP contribution in [0.15, 0.2) is 24.3 Å². The summed E-state index contributed by atoms with van der Waals surface area (Å²) in [6.07, 6.45) is 1.55. The number of ether oxygens (including phenoxy) is 1. The molecule has 1 aromatic carbocycles. The number of benzene rings is 1. The number of methoxy groups -OCH3 is 1. The normalized spacial score (nSPS) is 12.5. The van der Waals surface area contributed by atoms with E-state index in [9.17, 15) is 0 Å². The number of nitrogens with two attached hydrogens (primary N) is 1. The highest BCUT2D eigenvalue weighted by molar-refractivity contribution is 5.28. The molecule has 0 aliphatic heterocycles. The molecule has 14 heavy (non-hydrogen) atoms. The van der Waals surface area contributed by atoms with Crippen LogP contribution in [0.5, 0.6) is 5.75 Å². The highest BCUT2D eigenvalue weighted by atomic mass is 16.5. The molecule has 78 valence electrons. The summed E-state index contributed by atoms with van der Waals surface area (Å²) in [6, 6.07) is 7.72. The average molecular weight is 195 g/mol. The van der Waals surface area contributed by atoms with Gasteiger partial charge in [0.1, 0.15) is 5.75 Å². The van der Waals surface area contributed by atoms with Gasteiger partial charge in [-0.05, 0) is 30.5 Å². The van der Waals surface area contributed by atoms with Crippen LogP contribution in [0.4, 0.5) is 0 Å². The second kappa shape index (κ2) is 5.62. The first kappa shape index (κ1) is 11.0. The van der Waals surface area contributed by atoms with E-state index in [4.69, 9.17) is 15.6 Å². The molecule has 0 fully saturated rings. The van der Waals surface area contributed by atoms with E-state index in [1.807, 2.05) is 24.3 Å². The molecule has 3 heteroatoms. The molecule has 0 spiro atoms. The molecular weight excluding hydrogens is 178 g/mol. The van der Waals surface area contributed by atoms with Gasteiger partial charge in [-0.25, -0.2) is 0 Å². The lowest BCUT2D eigenvalue weighted by atomic mass is 10.0. The zero-order chi connectivity index (χ0) is 10.4. The van der Waals surface area contributed by atoms with Gasteiger partial charge in [-0.1, -0.05) is 12.1 Å². The quantitative estimate of drug-likeness (QED) is 0.748. The van der Waals surface area contributed by atoms with Gasteiger partial charge in [-0.3, -0.25) is 0 Å². The van der Waals surface area contributed by atoms with Crippen LogP contribution in [0.1, 0.15) is 24.4 Å². The van der Waals surface area contributed by atoms with Crippen LogP contribution in [-0.2, 0) is 0 Å². The molecule has 0 amide bonds. The second-order valence-corrected chi connectivity index (χ2v) is 3.25. The summed E-state index contributed by atoms with van der Waals surface area (Å²) in [5.41, 5.74) is 7.00. The third-order valence-corrected chi connectivity index (χ3v) is 2.22. The summed E-state index contributed by atoms with van der Waals surface area (Å²) in [4.78, 5) is 0. The zero-order valence-electron chi connectivity index (χ0n) is 8.44. The molecule has 1 aromatic rings. The topological polar surface area (TPSA) is 55.5 Å². The van der Waals surface area contributed by atoms with Gasteiger partial charge in [-0.2, -0.15) is 0 Å². The summed E-state index contributed by atoms with van der Waals surface area (Å²) in [6.45, 7) is 0.198. The first-order valence-corrected chi connectivity index (χ1v) is 4.78. The molecule has 0 bridgehead atoms. The second-order valence-electron chi connectivity index (χ2n) is 3.25. The summed E-state index contributed by atoms with van der Waals surface area (Å²) in [7, 11) is 1.64. The lowest BCUT2D eigenvalue weighted by Gasteiger charge is -2.11. The minimum absolute atomic E-state index is 0.00746. The molecule has 0 unspecified atom stereocenters. The Hall–Kier alpha value is -1.06. The Labute approximate surface area is 84.5 Å². The first-order chi connectivity index (χ1) is 6.77. The number of hydrogen-bond donors (Lipinski definition) is 2. The van der Waals surface area contributed by atoms with Crippen LogP contribution in [0, 0.1) is 0 Å². The Morgan fingerprint density at radius 1 is 1.36 bits per heavy atom. The standard InChI is InChI=1S/C11H17NO2/c1-14-10-6-4-9(5-7-10)11(12)3-2-8-13/h4-7,11,13H,2-3,8,12H2,1H3/t11-/m1/s1. The molecule has 0 aliphatic rings. The van der Waals surface area contributed by atoms with E-state index in [0.717, 1.165) is 24.2 Å². The Morgan fingerprint density at radius 3 is 2.50 bits per heavy atom. The lowest BCUT2D eigenvalue weighted by molar-refractivity contribution is 0.280. The van der Waals surface area contributed by atoms with E-state index >= 15 is 0 Å². The van der Waals surface area contributed by atoms with Gasteiger partial charge in [-0.15, -0.1) is 0 Å². The number of rotatable bonds is 5. The smallest absolute Gasteiger partial charge is 0.118 e. The van der Waals surface area contributed by atoms with Gasteiger partial charge < -0.3 is 15.6 Å². The maximum absolute atomic E-state index is 8.67. The van der Waals surface area contributed by atoms with E-state index in [0.29, 0.717) is 0 Å². The number of aliphatic hydroxyl groups excluding tert-OH is 1. The van der Waals surface area contributed by atoms with Gasteiger partial charge in [0.15, 0.2) is 0 Å². The van der Waals surface area contributed by atoms with Crippen molar-refractivity contribution in [3.8, 4) is 5.75 Å². The fourth-order valence-corrected chi connectivity index (χ4v) is 1.33. The summed E-state index contributed by atoms with van der Waals surface area (Å²) >= 11 is 0. The highest BCUT2D eigenvalue weighted by Crippen LogP contribution is 2.18. The van der Waals surface area contributed by atoms with Crippen molar-refractivity contribution in [2.75, 3.05) is 13.7 Å². The van der Waals surface area contributed by atoms with Crippen LogP contribution in [0.25, 0.3) is 0 Å². The summed E-state index contributed by atoms with van der Waals surface area (Å²) in [5.74, 6) is 0.836. The molecule has 1 atom stereocenters. The van der Waals surface area contributed by atoms with Crippen molar-refractivity contribution in [2.45, 2.75) is 18.9 Å². The molecular formula is C11H17NO2. The van der Waals surface area contributed by atoms with Crippen molar-refractivity contribution in [2.24, 2.45) is 5.73 Å². The molecule has 0 aliphatic carbocycles. The lowest BCUT2D eigenvalue weighted by Crippen LogP contribution is -2.10. The fourth-order valence-electron chi connectivity index (χ4n) is 1.33. The Bertz CT molecular complexity index is 258. The van der Waals surface area contributed by atoms with Crippen LogP contribution in [0.3, 0.4) is 0 Å². The van der Waals surface area contributed by atoms with E-state index in [-0.39, 0.29) is 12.6 Å². The largest absolute Gasteiger partial charge is 0.497 e. The first-order valence-electron chi connectivity index (χ1n) is 4.78. The van der Waals surface area contributed by atoms with Gasteiger partial charge in [0.05, 0.1) is 7.11 Å². The van der Waals surface area contributed by atoms with Crippen LogP contribution in [0.2, 0.25) is 0 Å². The molecule has 0 saturated heterocycles. The van der Waals surface area contributed by atoms with E-state index in [1.165, 1.54) is 0 Å². The minimum Gasteiger partial charge on any atom is -0.497 e. The van der Waals surface area contributed by atoms with Crippen LogP contribution >= 0.6 is 0 Å². The SMILES string of the molecule is COc1ccc([C@H](N)CCCO)cc1. The van der Waals surface area contributed by atoms with Crippen molar-refractivity contribution in [3.63, 3.8) is 0 Å². The van der Waals surface area contributed by atoms with Crippen LogP contribution in [-0.4, -0.2) is 18.8 Å². The molecule has 0 heterocycles. The van der Waals surface area contributed by atoms with Gasteiger partial charge in [0.2, 0.25) is 0 Å². The highest BCUT2D eigenvalue weighted by Gasteiger charge is 2.04. The molecule has 1 rings (SSSR count). The fraction of sp³-hybridized carbons (Fsp3) is 0.455. The molecule has 0 radical (unpaired) electrons. The Kier molecular flexibility index (Phi) is 4.43. The molecule has 3 N–H and O–H groups in total. The molecule has 3 nitrogen and oxygen atoms in total. The van der Waals surface area contributed by atoms with Crippen molar-refractivity contribution in [1.82, 2.24) is 0 Å². The zero-order valence-corrected chi connectivity index (χ0v) is 8.44. The molecule has 0 saturated carbocycles. The van der Waals surface area contributed by atoms with Crippen molar-refractivity contribution >= 4 is 0 Å². The number of aliphatic hydroxyl groups is 1. The van der Waals surface area contributed by atoms with E-state index in [1.54, 1.807) is 7.11 Å². The minimum atomic E-state index is 0.00746. The maximum atomic E-state index is 8.67. The Balaban J connectivity index is 2.57. The van der Waals surface area contributed by atoms with Gasteiger partial charge >= 0.3 is 0 Å². The van der Waals surface area contributed by atoms with Gasteiger partial charge in [0.25, 0.3) is 0 Å². The van der Waals surface area contributed by atoms with E-state index in [2.05, 4.69) is 0 Å². The molecule has 0 aromatic heterocycles. The monoisotopic (exact) mass is 195 g/mol. The predicted molar refractivity (Wildman–Crippen MR) is 56.2 cm³/mol. The maximum Gasteiger partial charge on any atom is 0.118 e. The summed E-state index contributed by atoms with van der Waals surface area (Å²) in [5, 5.41) is 8.67. The Morgan fingerprint density at radius 2 is 2.00 bits per heavy atom.